The zero-order chi connectivity index (χ0) is 30.1. The molecule has 0 spiro atoms. The lowest BCUT2D eigenvalue weighted by molar-refractivity contribution is 0.334. The number of phenols is 2. The Balaban J connectivity index is 1.40. The Morgan fingerprint density at radius 2 is 0.683 bits per heavy atom. The Kier molecular flexibility index (Phi) is 8.46. The van der Waals surface area contributed by atoms with Crippen LogP contribution in [0.4, 0.5) is 0 Å². The molecular formula is C34H42O5Si2. The minimum Gasteiger partial charge on any atom is -0.521 e. The molecule has 0 aliphatic rings. The summed E-state index contributed by atoms with van der Waals surface area (Å²) in [6.07, 6.45) is 0. The van der Waals surface area contributed by atoms with Crippen molar-refractivity contribution in [3.63, 3.8) is 0 Å². The third kappa shape index (κ3) is 7.41. The predicted octanol–water partition coefficient (Wildman–Crippen LogP) is 8.63. The van der Waals surface area contributed by atoms with E-state index in [9.17, 15) is 10.2 Å². The summed E-state index contributed by atoms with van der Waals surface area (Å²) in [4.78, 5) is 0. The maximum atomic E-state index is 9.65. The topological polar surface area (TPSA) is 68.2 Å². The van der Waals surface area contributed by atoms with Gasteiger partial charge < -0.3 is 23.2 Å². The summed E-state index contributed by atoms with van der Waals surface area (Å²) in [5.74, 6) is 2.08. The van der Waals surface area contributed by atoms with Crippen molar-refractivity contribution in [1.82, 2.24) is 0 Å². The first-order valence-corrected chi connectivity index (χ1v) is 19.6. The van der Waals surface area contributed by atoms with Gasteiger partial charge in [-0.15, -0.1) is 0 Å². The van der Waals surface area contributed by atoms with Gasteiger partial charge in [0.05, 0.1) is 0 Å². The van der Waals surface area contributed by atoms with Crippen molar-refractivity contribution < 1.29 is 23.2 Å². The summed E-state index contributed by atoms with van der Waals surface area (Å²) >= 11 is 0. The van der Waals surface area contributed by atoms with Crippen molar-refractivity contribution in [3.8, 4) is 23.0 Å². The fourth-order valence-corrected chi connectivity index (χ4v) is 11.6. The van der Waals surface area contributed by atoms with Crippen LogP contribution in [0.3, 0.4) is 0 Å². The number of benzene rings is 4. The third-order valence-corrected chi connectivity index (χ3v) is 12.9. The Hall–Kier alpha value is -3.53. The van der Waals surface area contributed by atoms with Crippen LogP contribution in [0.1, 0.15) is 49.9 Å². The van der Waals surface area contributed by atoms with Crippen LogP contribution in [-0.2, 0) is 14.9 Å². The molecule has 0 saturated heterocycles. The molecule has 0 aliphatic heterocycles. The van der Waals surface area contributed by atoms with Crippen LogP contribution < -0.4 is 8.85 Å². The van der Waals surface area contributed by atoms with Crippen LogP contribution in [-0.4, -0.2) is 27.3 Å². The van der Waals surface area contributed by atoms with E-state index in [1.54, 1.807) is 24.3 Å². The molecule has 2 N–H and O–H groups in total. The van der Waals surface area contributed by atoms with Crippen LogP contribution in [0, 0.1) is 0 Å². The van der Waals surface area contributed by atoms with E-state index in [4.69, 9.17) is 13.0 Å². The summed E-state index contributed by atoms with van der Waals surface area (Å²) in [6, 6.07) is 31.1. The molecule has 0 aliphatic carbocycles. The second kappa shape index (κ2) is 11.4. The minimum atomic E-state index is -2.57. The van der Waals surface area contributed by atoms with Crippen molar-refractivity contribution in [2.75, 3.05) is 0 Å². The molecule has 0 heterocycles. The molecule has 216 valence electrons. The molecular weight excluding hydrogens is 545 g/mol. The van der Waals surface area contributed by atoms with Gasteiger partial charge in [0, 0.05) is 10.8 Å². The van der Waals surface area contributed by atoms with Crippen molar-refractivity contribution in [2.45, 2.75) is 64.7 Å². The normalized spacial score (nSPS) is 12.7. The van der Waals surface area contributed by atoms with Gasteiger partial charge in [0.25, 0.3) is 0 Å². The van der Waals surface area contributed by atoms with Gasteiger partial charge in [0.15, 0.2) is 0 Å². The first-order chi connectivity index (χ1) is 19.1. The van der Waals surface area contributed by atoms with Crippen LogP contribution in [0.5, 0.6) is 23.0 Å². The second-order valence-electron chi connectivity index (χ2n) is 12.5. The van der Waals surface area contributed by atoms with Gasteiger partial charge in [-0.3, -0.25) is 0 Å². The zero-order valence-electron chi connectivity index (χ0n) is 25.4. The van der Waals surface area contributed by atoms with Crippen molar-refractivity contribution in [3.05, 3.63) is 119 Å². The van der Waals surface area contributed by atoms with Gasteiger partial charge in [-0.2, -0.15) is 0 Å². The fraction of sp³-hybridized carbons (Fsp3) is 0.294. The molecule has 41 heavy (non-hydrogen) atoms. The van der Waals surface area contributed by atoms with Gasteiger partial charge in [0.1, 0.15) is 23.0 Å². The van der Waals surface area contributed by atoms with Crippen LogP contribution in [0.2, 0.25) is 26.2 Å². The Labute approximate surface area is 246 Å². The van der Waals surface area contributed by atoms with Crippen LogP contribution >= 0.6 is 0 Å². The van der Waals surface area contributed by atoms with E-state index < -0.39 is 17.1 Å². The molecule has 5 nitrogen and oxygen atoms in total. The molecule has 4 rings (SSSR count). The number of hydrogen-bond donors (Lipinski definition) is 2. The Morgan fingerprint density at radius 1 is 0.439 bits per heavy atom. The van der Waals surface area contributed by atoms with Crippen LogP contribution in [0.15, 0.2) is 97.1 Å². The SMILES string of the molecule is CC(C)(c1ccc(O)cc1)c1ccc(O[Si](C)(C)O[Si](C)(C)Oc2ccc(C(C)(C)c3ccc(O)cc3)cc2)cc1. The molecule has 0 aromatic heterocycles. The average molecular weight is 587 g/mol. The first-order valence-electron chi connectivity index (χ1n) is 14.0. The maximum Gasteiger partial charge on any atom is 0.384 e. The predicted molar refractivity (Wildman–Crippen MR) is 171 cm³/mol. The molecule has 0 unspecified atom stereocenters. The van der Waals surface area contributed by atoms with E-state index >= 15 is 0 Å². The van der Waals surface area contributed by atoms with Gasteiger partial charge in [-0.25, -0.2) is 0 Å². The molecule has 0 atom stereocenters. The average Bonchev–Trinajstić information content (AvgIpc) is 2.88. The van der Waals surface area contributed by atoms with Gasteiger partial charge >= 0.3 is 17.1 Å². The van der Waals surface area contributed by atoms with Gasteiger partial charge in [0.2, 0.25) is 0 Å². The Bertz CT molecular complexity index is 1330. The highest BCUT2D eigenvalue weighted by molar-refractivity contribution is 6.79. The first kappa shape index (κ1) is 30.4. The highest BCUT2D eigenvalue weighted by Crippen LogP contribution is 2.35. The van der Waals surface area contributed by atoms with Crippen molar-refractivity contribution in [1.29, 1.82) is 0 Å². The van der Waals surface area contributed by atoms with E-state index in [2.05, 4.69) is 52.0 Å². The van der Waals surface area contributed by atoms with E-state index in [1.807, 2.05) is 74.7 Å². The summed E-state index contributed by atoms with van der Waals surface area (Å²) < 4.78 is 19.4. The molecule has 7 heteroatoms. The van der Waals surface area contributed by atoms with E-state index in [1.165, 1.54) is 0 Å². The lowest BCUT2D eigenvalue weighted by atomic mass is 9.78. The Morgan fingerprint density at radius 3 is 0.951 bits per heavy atom. The zero-order valence-corrected chi connectivity index (χ0v) is 27.4. The summed E-state index contributed by atoms with van der Waals surface area (Å²) in [7, 11) is -5.14. The highest BCUT2D eigenvalue weighted by Gasteiger charge is 2.39. The van der Waals surface area contributed by atoms with Crippen molar-refractivity contribution in [2.24, 2.45) is 0 Å². The fourth-order valence-electron chi connectivity index (χ4n) is 5.17. The highest BCUT2D eigenvalue weighted by atomic mass is 28.5. The van der Waals surface area contributed by atoms with Gasteiger partial charge in [-0.05, 0) is 97.0 Å². The molecule has 0 bridgehead atoms. The summed E-state index contributed by atoms with van der Waals surface area (Å²) in [5, 5.41) is 19.3. The summed E-state index contributed by atoms with van der Waals surface area (Å²) in [6.45, 7) is 16.9. The smallest absolute Gasteiger partial charge is 0.384 e. The number of hydrogen-bond acceptors (Lipinski definition) is 5. The third-order valence-electron chi connectivity index (χ3n) is 7.55. The molecule has 0 fully saturated rings. The van der Waals surface area contributed by atoms with Crippen LogP contribution in [0.25, 0.3) is 0 Å². The lowest BCUT2D eigenvalue weighted by Crippen LogP contribution is -2.52. The molecule has 0 saturated carbocycles. The largest absolute Gasteiger partial charge is 0.521 e. The number of rotatable bonds is 10. The van der Waals surface area contributed by atoms with Crippen molar-refractivity contribution >= 4 is 17.1 Å². The van der Waals surface area contributed by atoms with E-state index in [-0.39, 0.29) is 22.3 Å². The maximum absolute atomic E-state index is 9.65. The molecule has 4 aromatic carbocycles. The molecule has 0 radical (unpaired) electrons. The monoisotopic (exact) mass is 586 g/mol. The van der Waals surface area contributed by atoms with Gasteiger partial charge in [-0.1, -0.05) is 76.2 Å². The van der Waals surface area contributed by atoms with E-state index in [0.29, 0.717) is 0 Å². The number of aromatic hydroxyl groups is 2. The second-order valence-corrected chi connectivity index (χ2v) is 19.3. The standard InChI is InChI=1S/C34H42O5Si2/c1-33(2,25-9-17-29(35)18-10-25)27-13-21-31(22-14-27)37-40(5,6)39-41(7,8)38-32-23-15-28(16-24-32)34(3,4)26-11-19-30(36)20-12-26/h9-24,35-36H,1-8H3. The van der Waals surface area contributed by atoms with E-state index in [0.717, 1.165) is 33.8 Å². The quantitative estimate of drug-likeness (QED) is 0.182. The lowest BCUT2D eigenvalue weighted by Gasteiger charge is -2.33. The molecule has 4 aromatic rings. The molecule has 0 amide bonds. The minimum absolute atomic E-state index is 0.215. The summed E-state index contributed by atoms with van der Waals surface area (Å²) in [5.41, 5.74) is 4.14. The number of phenolic OH excluding ortho intramolecular Hbond substituents is 2.